The maximum absolute atomic E-state index is 4.65. The highest BCUT2D eigenvalue weighted by molar-refractivity contribution is 5.64. The molecule has 2 heterocycles. The molecule has 1 aliphatic heterocycles. The Morgan fingerprint density at radius 1 is 0.964 bits per heavy atom. The number of hydrogen-bond donors (Lipinski definition) is 1. The van der Waals surface area contributed by atoms with Crippen LogP contribution in [0.3, 0.4) is 0 Å². The standard InChI is InChI=1S/C25H29N3/c1-19-7-9-22(10-8-19)28(23-12-14-26-15-13-23)18-21-11-16-27-25(17-21)24-6-4-3-5-20(24)2/h3-11,16-17,23,26H,12-15,18H2,1-2H3. The number of rotatable bonds is 5. The minimum Gasteiger partial charge on any atom is -0.364 e. The number of nitrogens with zero attached hydrogens (tertiary/aromatic N) is 2. The van der Waals surface area contributed by atoms with Gasteiger partial charge in [-0.25, -0.2) is 0 Å². The molecular weight excluding hydrogens is 342 g/mol. The topological polar surface area (TPSA) is 28.2 Å². The zero-order chi connectivity index (χ0) is 19.3. The van der Waals surface area contributed by atoms with Crippen LogP contribution in [0.4, 0.5) is 5.69 Å². The van der Waals surface area contributed by atoms with Crippen molar-refractivity contribution < 1.29 is 0 Å². The van der Waals surface area contributed by atoms with E-state index in [1.165, 1.54) is 40.8 Å². The van der Waals surface area contributed by atoms with E-state index in [0.29, 0.717) is 6.04 Å². The third-order valence-corrected chi connectivity index (χ3v) is 5.71. The molecular formula is C25H29N3. The quantitative estimate of drug-likeness (QED) is 0.674. The van der Waals surface area contributed by atoms with Crippen molar-refractivity contribution in [3.8, 4) is 11.3 Å². The van der Waals surface area contributed by atoms with Crippen molar-refractivity contribution in [1.82, 2.24) is 10.3 Å². The van der Waals surface area contributed by atoms with Crippen LogP contribution in [0.2, 0.25) is 0 Å². The molecule has 3 nitrogen and oxygen atoms in total. The molecule has 28 heavy (non-hydrogen) atoms. The van der Waals surface area contributed by atoms with E-state index in [0.717, 1.165) is 25.3 Å². The Bertz CT molecular complexity index is 911. The Hall–Kier alpha value is -2.65. The second-order valence-corrected chi connectivity index (χ2v) is 7.81. The van der Waals surface area contributed by atoms with Gasteiger partial charge in [-0.2, -0.15) is 0 Å². The van der Waals surface area contributed by atoms with Crippen molar-refractivity contribution in [2.24, 2.45) is 0 Å². The van der Waals surface area contributed by atoms with Gasteiger partial charge < -0.3 is 10.2 Å². The average Bonchev–Trinajstić information content (AvgIpc) is 2.74. The molecule has 144 valence electrons. The third-order valence-electron chi connectivity index (χ3n) is 5.71. The summed E-state index contributed by atoms with van der Waals surface area (Å²) < 4.78 is 0. The molecule has 1 N–H and O–H groups in total. The van der Waals surface area contributed by atoms with Crippen molar-refractivity contribution in [3.05, 3.63) is 83.6 Å². The predicted octanol–water partition coefficient (Wildman–Crippen LogP) is 5.12. The molecule has 1 aromatic heterocycles. The summed E-state index contributed by atoms with van der Waals surface area (Å²) in [6.07, 6.45) is 4.32. The second-order valence-electron chi connectivity index (χ2n) is 7.81. The summed E-state index contributed by atoms with van der Waals surface area (Å²) in [5.41, 5.74) is 7.47. The maximum Gasteiger partial charge on any atom is 0.0708 e. The number of aryl methyl sites for hydroxylation is 2. The van der Waals surface area contributed by atoms with Gasteiger partial charge in [-0.1, -0.05) is 42.0 Å². The van der Waals surface area contributed by atoms with Crippen molar-refractivity contribution in [3.63, 3.8) is 0 Å². The largest absolute Gasteiger partial charge is 0.364 e. The van der Waals surface area contributed by atoms with Crippen LogP contribution in [0.15, 0.2) is 66.9 Å². The molecule has 0 radical (unpaired) electrons. The van der Waals surface area contributed by atoms with Crippen molar-refractivity contribution in [2.75, 3.05) is 18.0 Å². The minimum absolute atomic E-state index is 0.569. The monoisotopic (exact) mass is 371 g/mol. The minimum atomic E-state index is 0.569. The second kappa shape index (κ2) is 8.57. The molecule has 4 rings (SSSR count). The highest BCUT2D eigenvalue weighted by Crippen LogP contribution is 2.27. The predicted molar refractivity (Wildman–Crippen MR) is 118 cm³/mol. The van der Waals surface area contributed by atoms with Crippen molar-refractivity contribution in [2.45, 2.75) is 39.3 Å². The van der Waals surface area contributed by atoms with Gasteiger partial charge in [0.25, 0.3) is 0 Å². The molecule has 0 atom stereocenters. The van der Waals surface area contributed by atoms with Gasteiger partial charge in [0.1, 0.15) is 0 Å². The summed E-state index contributed by atoms with van der Waals surface area (Å²) in [5, 5.41) is 3.49. The molecule has 3 aromatic rings. The van der Waals surface area contributed by atoms with Crippen LogP contribution in [-0.2, 0) is 6.54 Å². The molecule has 1 aliphatic rings. The van der Waals surface area contributed by atoms with E-state index in [4.69, 9.17) is 0 Å². The van der Waals surface area contributed by atoms with E-state index >= 15 is 0 Å². The summed E-state index contributed by atoms with van der Waals surface area (Å²) in [6, 6.07) is 22.4. The van der Waals surface area contributed by atoms with Crippen LogP contribution in [0, 0.1) is 13.8 Å². The van der Waals surface area contributed by atoms with Crippen LogP contribution < -0.4 is 10.2 Å². The molecule has 0 saturated carbocycles. The molecule has 0 spiro atoms. The Kier molecular flexibility index (Phi) is 5.73. The first kappa shape index (κ1) is 18.7. The van der Waals surface area contributed by atoms with Gasteiger partial charge in [-0.05, 0) is 75.2 Å². The zero-order valence-corrected chi connectivity index (χ0v) is 16.9. The fourth-order valence-corrected chi connectivity index (χ4v) is 4.06. The van der Waals surface area contributed by atoms with Gasteiger partial charge >= 0.3 is 0 Å². The van der Waals surface area contributed by atoms with E-state index in [1.54, 1.807) is 0 Å². The fourth-order valence-electron chi connectivity index (χ4n) is 4.06. The number of benzene rings is 2. The van der Waals surface area contributed by atoms with Gasteiger partial charge in [0, 0.05) is 30.0 Å². The number of nitrogens with one attached hydrogen (secondary N) is 1. The highest BCUT2D eigenvalue weighted by atomic mass is 15.2. The number of hydrogen-bond acceptors (Lipinski definition) is 3. The van der Waals surface area contributed by atoms with Gasteiger partial charge in [-0.3, -0.25) is 4.98 Å². The SMILES string of the molecule is Cc1ccc(N(Cc2ccnc(-c3ccccc3C)c2)C2CCNCC2)cc1. The molecule has 0 bridgehead atoms. The summed E-state index contributed by atoms with van der Waals surface area (Å²) >= 11 is 0. The van der Waals surface area contributed by atoms with Crippen molar-refractivity contribution >= 4 is 5.69 Å². The summed E-state index contributed by atoms with van der Waals surface area (Å²) in [5.74, 6) is 0. The Balaban J connectivity index is 1.64. The lowest BCUT2D eigenvalue weighted by Crippen LogP contribution is -2.43. The smallest absolute Gasteiger partial charge is 0.0708 e. The van der Waals surface area contributed by atoms with Crippen LogP contribution in [0.25, 0.3) is 11.3 Å². The van der Waals surface area contributed by atoms with E-state index < -0.39 is 0 Å². The Morgan fingerprint density at radius 2 is 1.71 bits per heavy atom. The Labute approximate surface area is 168 Å². The molecule has 1 fully saturated rings. The van der Waals surface area contributed by atoms with Crippen LogP contribution in [0.5, 0.6) is 0 Å². The van der Waals surface area contributed by atoms with Crippen molar-refractivity contribution in [1.29, 1.82) is 0 Å². The first-order valence-corrected chi connectivity index (χ1v) is 10.3. The third kappa shape index (κ3) is 4.26. The van der Waals surface area contributed by atoms with Crippen LogP contribution in [-0.4, -0.2) is 24.1 Å². The van der Waals surface area contributed by atoms with Gasteiger partial charge in [0.2, 0.25) is 0 Å². The molecule has 3 heteroatoms. The first-order valence-electron chi connectivity index (χ1n) is 10.3. The van der Waals surface area contributed by atoms with E-state index in [1.807, 2.05) is 6.20 Å². The number of piperidine rings is 1. The highest BCUT2D eigenvalue weighted by Gasteiger charge is 2.22. The van der Waals surface area contributed by atoms with Crippen LogP contribution >= 0.6 is 0 Å². The summed E-state index contributed by atoms with van der Waals surface area (Å²) in [7, 11) is 0. The molecule has 0 unspecified atom stereocenters. The Morgan fingerprint density at radius 3 is 2.46 bits per heavy atom. The van der Waals surface area contributed by atoms with Gasteiger partial charge in [0.05, 0.1) is 5.69 Å². The molecule has 0 amide bonds. The first-order chi connectivity index (χ1) is 13.7. The van der Waals surface area contributed by atoms with E-state index in [2.05, 4.69) is 89.7 Å². The molecule has 0 aliphatic carbocycles. The van der Waals surface area contributed by atoms with Gasteiger partial charge in [0.15, 0.2) is 0 Å². The lowest BCUT2D eigenvalue weighted by Gasteiger charge is -2.36. The number of aromatic nitrogens is 1. The lowest BCUT2D eigenvalue weighted by atomic mass is 10.0. The van der Waals surface area contributed by atoms with E-state index in [-0.39, 0.29) is 0 Å². The summed E-state index contributed by atoms with van der Waals surface area (Å²) in [4.78, 5) is 7.23. The normalized spacial score (nSPS) is 14.8. The summed E-state index contributed by atoms with van der Waals surface area (Å²) in [6.45, 7) is 7.40. The lowest BCUT2D eigenvalue weighted by molar-refractivity contribution is 0.428. The molecule has 1 saturated heterocycles. The zero-order valence-electron chi connectivity index (χ0n) is 16.9. The van der Waals surface area contributed by atoms with E-state index in [9.17, 15) is 0 Å². The average molecular weight is 372 g/mol. The fraction of sp³-hybridized carbons (Fsp3) is 0.320. The van der Waals surface area contributed by atoms with Gasteiger partial charge in [-0.15, -0.1) is 0 Å². The number of anilines is 1. The molecule has 2 aromatic carbocycles. The van der Waals surface area contributed by atoms with Crippen LogP contribution in [0.1, 0.15) is 29.5 Å². The maximum atomic E-state index is 4.65. The number of pyridine rings is 1.